The fraction of sp³-hybridized carbons (Fsp3) is 0.222. The Morgan fingerprint density at radius 1 is 1.13 bits per heavy atom. The lowest BCUT2D eigenvalue weighted by Gasteiger charge is -2.29. The van der Waals surface area contributed by atoms with Crippen molar-refractivity contribution in [1.29, 1.82) is 0 Å². The second-order valence-corrected chi connectivity index (χ2v) is 6.49. The molecular weight excluding hydrogens is 308 g/mol. The molecule has 0 aromatic heterocycles. The fourth-order valence-electron chi connectivity index (χ4n) is 2.52. The van der Waals surface area contributed by atoms with E-state index in [1.54, 1.807) is 23.9 Å². The van der Waals surface area contributed by atoms with Crippen LogP contribution in [0.2, 0.25) is 0 Å². The van der Waals surface area contributed by atoms with Gasteiger partial charge in [0.15, 0.2) is 5.78 Å². The molecular formula is C18H18N2O2S. The van der Waals surface area contributed by atoms with E-state index in [-0.39, 0.29) is 18.2 Å². The molecule has 1 aliphatic heterocycles. The average molecular weight is 326 g/mol. The van der Waals surface area contributed by atoms with Crippen molar-refractivity contribution in [2.45, 2.75) is 11.8 Å². The van der Waals surface area contributed by atoms with Crippen LogP contribution in [0.5, 0.6) is 0 Å². The van der Waals surface area contributed by atoms with Gasteiger partial charge in [-0.15, -0.1) is 11.8 Å². The summed E-state index contributed by atoms with van der Waals surface area (Å²) in [6, 6.07) is 15.2. The van der Waals surface area contributed by atoms with E-state index in [9.17, 15) is 9.59 Å². The van der Waals surface area contributed by atoms with Crippen molar-refractivity contribution in [3.8, 4) is 0 Å². The Morgan fingerprint density at radius 3 is 2.61 bits per heavy atom. The van der Waals surface area contributed by atoms with Crippen LogP contribution < -0.4 is 10.2 Å². The maximum Gasteiger partial charge on any atom is 0.246 e. The molecule has 118 valence electrons. The number of hydrogen-bond donors (Lipinski definition) is 1. The van der Waals surface area contributed by atoms with Crippen LogP contribution in [-0.4, -0.2) is 30.5 Å². The van der Waals surface area contributed by atoms with Crippen molar-refractivity contribution in [2.75, 3.05) is 29.1 Å². The SMILES string of the molecule is CC(=O)c1ccc(NCC(=O)N2CCSc3ccccc32)cc1. The summed E-state index contributed by atoms with van der Waals surface area (Å²) in [5.74, 6) is 0.999. The first-order chi connectivity index (χ1) is 11.1. The zero-order chi connectivity index (χ0) is 16.2. The molecule has 0 spiro atoms. The maximum atomic E-state index is 12.5. The monoisotopic (exact) mass is 326 g/mol. The normalized spacial score (nSPS) is 13.3. The third-order valence-corrected chi connectivity index (χ3v) is 4.81. The van der Waals surface area contributed by atoms with Crippen molar-refractivity contribution in [2.24, 2.45) is 0 Å². The number of Topliss-reactive ketones (excluding diaryl/α,β-unsaturated/α-hetero) is 1. The third-order valence-electron chi connectivity index (χ3n) is 3.76. The molecule has 0 saturated carbocycles. The molecule has 1 N–H and O–H groups in total. The second kappa shape index (κ2) is 6.87. The van der Waals surface area contributed by atoms with Gasteiger partial charge in [0.2, 0.25) is 5.91 Å². The largest absolute Gasteiger partial charge is 0.376 e. The van der Waals surface area contributed by atoms with E-state index < -0.39 is 0 Å². The Morgan fingerprint density at radius 2 is 1.87 bits per heavy atom. The van der Waals surface area contributed by atoms with Crippen LogP contribution in [0.15, 0.2) is 53.4 Å². The number of benzene rings is 2. The Balaban J connectivity index is 1.65. The maximum absolute atomic E-state index is 12.5. The van der Waals surface area contributed by atoms with Gasteiger partial charge in [0.25, 0.3) is 0 Å². The summed E-state index contributed by atoms with van der Waals surface area (Å²) >= 11 is 1.78. The van der Waals surface area contributed by atoms with Gasteiger partial charge in [-0.2, -0.15) is 0 Å². The van der Waals surface area contributed by atoms with Gasteiger partial charge in [0, 0.05) is 28.4 Å². The molecule has 4 nitrogen and oxygen atoms in total. The smallest absolute Gasteiger partial charge is 0.246 e. The summed E-state index contributed by atoms with van der Waals surface area (Å²) in [7, 11) is 0. The number of carbonyl (C=O) groups is 2. The highest BCUT2D eigenvalue weighted by molar-refractivity contribution is 7.99. The van der Waals surface area contributed by atoms with E-state index >= 15 is 0 Å². The number of anilines is 2. The number of carbonyl (C=O) groups excluding carboxylic acids is 2. The van der Waals surface area contributed by atoms with Gasteiger partial charge >= 0.3 is 0 Å². The van der Waals surface area contributed by atoms with Crippen molar-refractivity contribution in [1.82, 2.24) is 0 Å². The highest BCUT2D eigenvalue weighted by atomic mass is 32.2. The van der Waals surface area contributed by atoms with Crippen LogP contribution in [0.1, 0.15) is 17.3 Å². The van der Waals surface area contributed by atoms with E-state index in [0.29, 0.717) is 5.56 Å². The first kappa shape index (κ1) is 15.6. The second-order valence-electron chi connectivity index (χ2n) is 5.35. The number of nitrogens with zero attached hydrogens (tertiary/aromatic N) is 1. The Bertz CT molecular complexity index is 728. The first-order valence-corrected chi connectivity index (χ1v) is 8.51. The molecule has 1 heterocycles. The van der Waals surface area contributed by atoms with Gasteiger partial charge in [-0.1, -0.05) is 12.1 Å². The van der Waals surface area contributed by atoms with E-state index in [4.69, 9.17) is 0 Å². The Labute approximate surface area is 139 Å². The number of rotatable bonds is 4. The van der Waals surface area contributed by atoms with Gasteiger partial charge in [-0.25, -0.2) is 0 Å². The topological polar surface area (TPSA) is 49.4 Å². The molecule has 0 bridgehead atoms. The summed E-state index contributed by atoms with van der Waals surface area (Å²) in [5.41, 5.74) is 2.49. The van der Waals surface area contributed by atoms with Gasteiger partial charge in [-0.05, 0) is 43.3 Å². The molecule has 5 heteroatoms. The predicted octanol–water partition coefficient (Wildman–Crippen LogP) is 3.44. The standard InChI is InChI=1S/C18H18N2O2S/c1-13(21)14-6-8-15(9-7-14)19-12-18(22)20-10-11-23-17-5-3-2-4-16(17)20/h2-9,19H,10-12H2,1H3. The number of hydrogen-bond acceptors (Lipinski definition) is 4. The molecule has 0 radical (unpaired) electrons. The number of fused-ring (bicyclic) bond motifs is 1. The molecule has 2 aromatic carbocycles. The fourth-order valence-corrected chi connectivity index (χ4v) is 3.52. The van der Waals surface area contributed by atoms with Crippen molar-refractivity contribution >= 4 is 34.8 Å². The lowest BCUT2D eigenvalue weighted by atomic mass is 10.1. The molecule has 0 aliphatic carbocycles. The summed E-state index contributed by atoms with van der Waals surface area (Å²) in [6.45, 7) is 2.50. The summed E-state index contributed by atoms with van der Waals surface area (Å²) < 4.78 is 0. The van der Waals surface area contributed by atoms with E-state index in [1.165, 1.54) is 6.92 Å². The molecule has 23 heavy (non-hydrogen) atoms. The van der Waals surface area contributed by atoms with Crippen LogP contribution in [0, 0.1) is 0 Å². The molecule has 2 aromatic rings. The first-order valence-electron chi connectivity index (χ1n) is 7.52. The minimum atomic E-state index is 0.0371. The lowest BCUT2D eigenvalue weighted by molar-refractivity contribution is -0.117. The van der Waals surface area contributed by atoms with Gasteiger partial charge in [-0.3, -0.25) is 9.59 Å². The quantitative estimate of drug-likeness (QED) is 0.875. The molecule has 1 amide bonds. The number of ketones is 1. The molecule has 1 aliphatic rings. The van der Waals surface area contributed by atoms with E-state index in [2.05, 4.69) is 5.32 Å². The molecule has 0 unspecified atom stereocenters. The van der Waals surface area contributed by atoms with Gasteiger partial charge in [0.05, 0.1) is 12.2 Å². The number of amides is 1. The summed E-state index contributed by atoms with van der Waals surface area (Å²) in [4.78, 5) is 26.8. The lowest BCUT2D eigenvalue weighted by Crippen LogP contribution is -2.39. The van der Waals surface area contributed by atoms with Gasteiger partial charge < -0.3 is 10.2 Å². The molecule has 0 saturated heterocycles. The molecule has 0 atom stereocenters. The average Bonchev–Trinajstić information content (AvgIpc) is 2.59. The zero-order valence-electron chi connectivity index (χ0n) is 12.9. The van der Waals surface area contributed by atoms with Crippen LogP contribution in [0.3, 0.4) is 0 Å². The van der Waals surface area contributed by atoms with Gasteiger partial charge in [0.1, 0.15) is 0 Å². The van der Waals surface area contributed by atoms with Crippen LogP contribution in [0.4, 0.5) is 11.4 Å². The number of nitrogens with one attached hydrogen (secondary N) is 1. The predicted molar refractivity (Wildman–Crippen MR) is 94.5 cm³/mol. The number of para-hydroxylation sites is 1. The minimum absolute atomic E-state index is 0.0371. The van der Waals surface area contributed by atoms with Crippen molar-refractivity contribution in [3.63, 3.8) is 0 Å². The van der Waals surface area contributed by atoms with Crippen LogP contribution in [0.25, 0.3) is 0 Å². The highest BCUT2D eigenvalue weighted by Gasteiger charge is 2.22. The summed E-state index contributed by atoms with van der Waals surface area (Å²) in [6.07, 6.45) is 0. The molecule has 0 fully saturated rings. The van der Waals surface area contributed by atoms with E-state index in [1.807, 2.05) is 41.3 Å². The zero-order valence-corrected chi connectivity index (χ0v) is 13.7. The van der Waals surface area contributed by atoms with E-state index in [0.717, 1.165) is 28.6 Å². The molecule has 3 rings (SSSR count). The summed E-state index contributed by atoms with van der Waals surface area (Å²) in [5, 5.41) is 3.13. The minimum Gasteiger partial charge on any atom is -0.376 e. The number of thioether (sulfide) groups is 1. The van der Waals surface area contributed by atoms with Crippen LogP contribution >= 0.6 is 11.8 Å². The Kier molecular flexibility index (Phi) is 4.67. The van der Waals surface area contributed by atoms with Crippen molar-refractivity contribution in [3.05, 3.63) is 54.1 Å². The Hall–Kier alpha value is -2.27. The van der Waals surface area contributed by atoms with Crippen LogP contribution in [-0.2, 0) is 4.79 Å². The third kappa shape index (κ3) is 3.56. The van der Waals surface area contributed by atoms with Crippen molar-refractivity contribution < 1.29 is 9.59 Å². The highest BCUT2D eigenvalue weighted by Crippen LogP contribution is 2.34.